The molecule has 7 heteroatoms. The molecule has 150 valence electrons. The Labute approximate surface area is 183 Å². The third-order valence-corrected chi connectivity index (χ3v) is 5.68. The zero-order valence-electron chi connectivity index (χ0n) is 16.2. The molecule has 0 aliphatic rings. The Morgan fingerprint density at radius 3 is 2.33 bits per heavy atom. The summed E-state index contributed by atoms with van der Waals surface area (Å²) in [6.07, 6.45) is 0. The van der Waals surface area contributed by atoms with E-state index in [2.05, 4.69) is 10.2 Å². The molecule has 0 N–H and O–H groups in total. The molecule has 0 aliphatic heterocycles. The van der Waals surface area contributed by atoms with Gasteiger partial charge in [0.25, 0.3) is 0 Å². The summed E-state index contributed by atoms with van der Waals surface area (Å²) in [5.41, 5.74) is 2.45. The molecule has 5 nitrogen and oxygen atoms in total. The number of aromatic nitrogens is 3. The van der Waals surface area contributed by atoms with Gasteiger partial charge in [0.15, 0.2) is 16.8 Å². The van der Waals surface area contributed by atoms with Crippen molar-refractivity contribution in [3.63, 3.8) is 0 Å². The number of halogens is 1. The number of thioether (sulfide) groups is 1. The predicted molar refractivity (Wildman–Crippen MR) is 120 cm³/mol. The standard InChI is InChI=1S/C23H18ClN3O2S/c1-29-20-13-9-16(10-14-20)21(28)15-30-23-26-25-22(17-7-11-18(24)12-8-17)27(23)19-5-3-2-4-6-19/h2-14H,15H2,1H3. The summed E-state index contributed by atoms with van der Waals surface area (Å²) in [6.45, 7) is 0. The maximum atomic E-state index is 12.6. The highest BCUT2D eigenvalue weighted by molar-refractivity contribution is 7.99. The first-order chi connectivity index (χ1) is 14.7. The van der Waals surface area contributed by atoms with E-state index in [0.717, 1.165) is 17.0 Å². The monoisotopic (exact) mass is 435 g/mol. The topological polar surface area (TPSA) is 57.0 Å². The van der Waals surface area contributed by atoms with Gasteiger partial charge in [0.2, 0.25) is 0 Å². The van der Waals surface area contributed by atoms with E-state index < -0.39 is 0 Å². The number of carbonyl (C=O) groups is 1. The number of rotatable bonds is 7. The zero-order chi connectivity index (χ0) is 20.9. The second kappa shape index (κ2) is 9.15. The average Bonchev–Trinajstić information content (AvgIpc) is 3.22. The van der Waals surface area contributed by atoms with Gasteiger partial charge in [-0.05, 0) is 60.7 Å². The molecule has 0 spiro atoms. The summed E-state index contributed by atoms with van der Waals surface area (Å²) in [7, 11) is 1.60. The van der Waals surface area contributed by atoms with E-state index >= 15 is 0 Å². The molecule has 0 unspecified atom stereocenters. The van der Waals surface area contributed by atoms with Gasteiger partial charge in [-0.3, -0.25) is 9.36 Å². The fraction of sp³-hybridized carbons (Fsp3) is 0.0870. The van der Waals surface area contributed by atoms with Crippen molar-refractivity contribution in [2.24, 2.45) is 0 Å². The lowest BCUT2D eigenvalue weighted by molar-refractivity contribution is 0.102. The van der Waals surface area contributed by atoms with E-state index in [1.807, 2.05) is 59.2 Å². The second-order valence-electron chi connectivity index (χ2n) is 6.42. The number of ketones is 1. The second-order valence-corrected chi connectivity index (χ2v) is 7.80. The quantitative estimate of drug-likeness (QED) is 0.280. The first-order valence-electron chi connectivity index (χ1n) is 9.22. The SMILES string of the molecule is COc1ccc(C(=O)CSc2nnc(-c3ccc(Cl)cc3)n2-c2ccccc2)cc1. The van der Waals surface area contributed by atoms with Crippen LogP contribution in [0.2, 0.25) is 5.02 Å². The van der Waals surface area contributed by atoms with Gasteiger partial charge in [-0.2, -0.15) is 0 Å². The van der Waals surface area contributed by atoms with Crippen LogP contribution in [-0.2, 0) is 0 Å². The number of nitrogens with zero attached hydrogens (tertiary/aromatic N) is 3. The molecule has 0 amide bonds. The van der Waals surface area contributed by atoms with Crippen molar-refractivity contribution in [2.75, 3.05) is 12.9 Å². The van der Waals surface area contributed by atoms with Crippen molar-refractivity contribution in [3.05, 3.63) is 89.4 Å². The number of hydrogen-bond acceptors (Lipinski definition) is 5. The van der Waals surface area contributed by atoms with Gasteiger partial charge in [-0.1, -0.05) is 41.6 Å². The minimum atomic E-state index is 0.0123. The van der Waals surface area contributed by atoms with Gasteiger partial charge < -0.3 is 4.74 Å². The van der Waals surface area contributed by atoms with E-state index in [-0.39, 0.29) is 11.5 Å². The number of carbonyl (C=O) groups excluding carboxylic acids is 1. The molecule has 0 bridgehead atoms. The van der Waals surface area contributed by atoms with Crippen LogP contribution in [0.25, 0.3) is 17.1 Å². The zero-order valence-corrected chi connectivity index (χ0v) is 17.7. The number of Topliss-reactive ketones (excluding diaryl/α,β-unsaturated/α-hetero) is 1. The molecule has 0 aliphatic carbocycles. The van der Waals surface area contributed by atoms with Gasteiger partial charge in [0.1, 0.15) is 5.75 Å². The van der Waals surface area contributed by atoms with E-state index in [1.54, 1.807) is 31.4 Å². The number of methoxy groups -OCH3 is 1. The highest BCUT2D eigenvalue weighted by Gasteiger charge is 2.17. The Morgan fingerprint density at radius 1 is 0.967 bits per heavy atom. The molecule has 4 rings (SSSR count). The minimum Gasteiger partial charge on any atom is -0.497 e. The summed E-state index contributed by atoms with van der Waals surface area (Å²) >= 11 is 7.39. The normalized spacial score (nSPS) is 10.7. The van der Waals surface area contributed by atoms with Crippen LogP contribution in [0.1, 0.15) is 10.4 Å². The molecule has 0 saturated heterocycles. The Balaban J connectivity index is 1.62. The molecule has 4 aromatic rings. The molecule has 3 aromatic carbocycles. The van der Waals surface area contributed by atoms with Crippen molar-refractivity contribution in [1.29, 1.82) is 0 Å². The summed E-state index contributed by atoms with van der Waals surface area (Å²) < 4.78 is 7.10. The maximum Gasteiger partial charge on any atom is 0.196 e. The fourth-order valence-electron chi connectivity index (χ4n) is 2.95. The predicted octanol–water partition coefficient (Wildman–Crippen LogP) is 5.57. The van der Waals surface area contributed by atoms with Crippen LogP contribution in [0.4, 0.5) is 0 Å². The first kappa shape index (κ1) is 20.2. The van der Waals surface area contributed by atoms with Crippen molar-refractivity contribution >= 4 is 29.1 Å². The third kappa shape index (κ3) is 4.40. The number of para-hydroxylation sites is 1. The van der Waals surface area contributed by atoms with E-state index in [4.69, 9.17) is 16.3 Å². The number of hydrogen-bond donors (Lipinski definition) is 0. The Morgan fingerprint density at radius 2 is 1.67 bits per heavy atom. The Bertz CT molecular complexity index is 1140. The summed E-state index contributed by atoms with van der Waals surface area (Å²) in [5.74, 6) is 1.67. The van der Waals surface area contributed by atoms with Gasteiger partial charge >= 0.3 is 0 Å². The van der Waals surface area contributed by atoms with Gasteiger partial charge in [-0.25, -0.2) is 0 Å². The fourth-order valence-corrected chi connectivity index (χ4v) is 3.92. The highest BCUT2D eigenvalue weighted by Crippen LogP contribution is 2.29. The average molecular weight is 436 g/mol. The summed E-state index contributed by atoms with van der Waals surface area (Å²) in [4.78, 5) is 12.6. The van der Waals surface area contributed by atoms with Gasteiger partial charge in [0, 0.05) is 21.8 Å². The molecular weight excluding hydrogens is 418 g/mol. The molecule has 0 radical (unpaired) electrons. The lowest BCUT2D eigenvalue weighted by Crippen LogP contribution is -2.05. The van der Waals surface area contributed by atoms with E-state index in [9.17, 15) is 4.79 Å². The number of benzene rings is 3. The van der Waals surface area contributed by atoms with Crippen LogP contribution < -0.4 is 4.74 Å². The first-order valence-corrected chi connectivity index (χ1v) is 10.6. The van der Waals surface area contributed by atoms with Crippen molar-refractivity contribution in [3.8, 4) is 22.8 Å². The van der Waals surface area contributed by atoms with Gasteiger partial charge in [0.05, 0.1) is 12.9 Å². The minimum absolute atomic E-state index is 0.0123. The third-order valence-electron chi connectivity index (χ3n) is 4.49. The summed E-state index contributed by atoms with van der Waals surface area (Å²) in [6, 6.07) is 24.4. The Hall–Kier alpha value is -3.09. The maximum absolute atomic E-state index is 12.6. The molecule has 0 saturated carbocycles. The Kier molecular flexibility index (Phi) is 6.16. The molecule has 0 fully saturated rings. The lowest BCUT2D eigenvalue weighted by Gasteiger charge is -2.10. The van der Waals surface area contributed by atoms with Crippen LogP contribution in [0.5, 0.6) is 5.75 Å². The van der Waals surface area contributed by atoms with Crippen molar-refractivity contribution < 1.29 is 9.53 Å². The molecule has 30 heavy (non-hydrogen) atoms. The highest BCUT2D eigenvalue weighted by atomic mass is 35.5. The van der Waals surface area contributed by atoms with Crippen LogP contribution in [0.15, 0.2) is 84.0 Å². The lowest BCUT2D eigenvalue weighted by atomic mass is 10.1. The largest absolute Gasteiger partial charge is 0.497 e. The van der Waals surface area contributed by atoms with Crippen molar-refractivity contribution in [2.45, 2.75) is 5.16 Å². The van der Waals surface area contributed by atoms with Crippen LogP contribution in [-0.4, -0.2) is 33.4 Å². The number of ether oxygens (including phenoxy) is 1. The molecule has 0 atom stereocenters. The van der Waals surface area contributed by atoms with E-state index in [1.165, 1.54) is 11.8 Å². The summed E-state index contributed by atoms with van der Waals surface area (Å²) in [5, 5.41) is 10.0. The van der Waals surface area contributed by atoms with Gasteiger partial charge in [-0.15, -0.1) is 10.2 Å². The van der Waals surface area contributed by atoms with Crippen molar-refractivity contribution in [1.82, 2.24) is 14.8 Å². The van der Waals surface area contributed by atoms with Crippen LogP contribution >= 0.6 is 23.4 Å². The molecule has 1 aromatic heterocycles. The molecule has 1 heterocycles. The van der Waals surface area contributed by atoms with Crippen LogP contribution in [0, 0.1) is 0 Å². The van der Waals surface area contributed by atoms with Crippen LogP contribution in [0.3, 0.4) is 0 Å². The molecular formula is C23H18ClN3O2S. The van der Waals surface area contributed by atoms with E-state index in [0.29, 0.717) is 21.6 Å². The smallest absolute Gasteiger partial charge is 0.196 e.